The zero-order valence-electron chi connectivity index (χ0n) is 12.7. The number of likely N-dealkylation sites (tertiary alicyclic amines) is 1. The summed E-state index contributed by atoms with van der Waals surface area (Å²) in [4.78, 5) is 25.0. The predicted octanol–water partition coefficient (Wildman–Crippen LogP) is 0.776. The lowest BCUT2D eigenvalue weighted by Crippen LogP contribution is -2.39. The Morgan fingerprint density at radius 2 is 1.95 bits per heavy atom. The average Bonchev–Trinajstić information content (AvgIpc) is 3.08. The molecule has 0 saturated carbocycles. The lowest BCUT2D eigenvalue weighted by atomic mass is 10.2. The first-order chi connectivity index (χ1) is 10.7. The summed E-state index contributed by atoms with van der Waals surface area (Å²) in [5.74, 6) is -0.0626. The molecule has 1 heterocycles. The number of carbonyl (C=O) groups is 2. The van der Waals surface area contributed by atoms with Crippen molar-refractivity contribution < 1.29 is 19.1 Å². The number of nitrogens with zero attached hydrogens (tertiary/aromatic N) is 2. The third-order valence-corrected chi connectivity index (χ3v) is 3.40. The van der Waals surface area contributed by atoms with Gasteiger partial charge in [-0.2, -0.15) is 5.10 Å². The van der Waals surface area contributed by atoms with Gasteiger partial charge < -0.3 is 14.4 Å². The van der Waals surface area contributed by atoms with Crippen LogP contribution < -0.4 is 14.9 Å². The van der Waals surface area contributed by atoms with Crippen LogP contribution in [0.5, 0.6) is 11.5 Å². The predicted molar refractivity (Wildman–Crippen MR) is 81.1 cm³/mol. The Bertz CT molecular complexity index is 580. The molecule has 2 amide bonds. The van der Waals surface area contributed by atoms with Gasteiger partial charge in [-0.15, -0.1) is 0 Å². The van der Waals surface area contributed by atoms with E-state index in [0.29, 0.717) is 30.2 Å². The molecule has 118 valence electrons. The maximum absolute atomic E-state index is 11.8. The quantitative estimate of drug-likeness (QED) is 0.506. The molecule has 1 aromatic carbocycles. The van der Waals surface area contributed by atoms with Crippen molar-refractivity contribution in [2.45, 2.75) is 12.8 Å². The molecule has 1 aliphatic rings. The first-order valence-corrected chi connectivity index (χ1v) is 7.00. The Kier molecular flexibility index (Phi) is 5.35. The van der Waals surface area contributed by atoms with E-state index in [1.54, 1.807) is 25.3 Å². The summed E-state index contributed by atoms with van der Waals surface area (Å²) in [7, 11) is 3.09. The molecule has 0 radical (unpaired) electrons. The molecule has 7 heteroatoms. The molecule has 1 fully saturated rings. The zero-order valence-corrected chi connectivity index (χ0v) is 12.7. The molecular weight excluding hydrogens is 286 g/mol. The summed E-state index contributed by atoms with van der Waals surface area (Å²) in [6.07, 6.45) is 3.30. The fraction of sp³-hybridized carbons (Fsp3) is 0.400. The Morgan fingerprint density at radius 1 is 1.23 bits per heavy atom. The van der Waals surface area contributed by atoms with Crippen LogP contribution in [0.3, 0.4) is 0 Å². The largest absolute Gasteiger partial charge is 0.497 e. The van der Waals surface area contributed by atoms with E-state index in [4.69, 9.17) is 9.47 Å². The SMILES string of the molecule is COc1ccc(/C=N/NC(=O)C(=O)N2CCCC2)c(OC)c1. The number of benzene rings is 1. The Hall–Kier alpha value is -2.57. The number of methoxy groups -OCH3 is 2. The van der Waals surface area contributed by atoms with E-state index in [0.717, 1.165) is 12.8 Å². The average molecular weight is 305 g/mol. The molecule has 7 nitrogen and oxygen atoms in total. The van der Waals surface area contributed by atoms with E-state index in [1.165, 1.54) is 18.2 Å². The fourth-order valence-corrected chi connectivity index (χ4v) is 2.20. The summed E-state index contributed by atoms with van der Waals surface area (Å²) in [6.45, 7) is 1.25. The lowest BCUT2D eigenvalue weighted by molar-refractivity contribution is -0.145. The van der Waals surface area contributed by atoms with Gasteiger partial charge in [0.25, 0.3) is 0 Å². The van der Waals surface area contributed by atoms with Crippen molar-refractivity contribution >= 4 is 18.0 Å². The molecule has 0 bridgehead atoms. The molecule has 1 saturated heterocycles. The highest BCUT2D eigenvalue weighted by atomic mass is 16.5. The van der Waals surface area contributed by atoms with Crippen molar-refractivity contribution in [2.24, 2.45) is 5.10 Å². The van der Waals surface area contributed by atoms with E-state index >= 15 is 0 Å². The van der Waals surface area contributed by atoms with Gasteiger partial charge >= 0.3 is 11.8 Å². The van der Waals surface area contributed by atoms with Crippen LogP contribution in [0.4, 0.5) is 0 Å². The number of hydrogen-bond donors (Lipinski definition) is 1. The summed E-state index contributed by atoms with van der Waals surface area (Å²) in [5, 5.41) is 3.81. The number of nitrogens with one attached hydrogen (secondary N) is 1. The van der Waals surface area contributed by atoms with Gasteiger partial charge in [0.1, 0.15) is 11.5 Å². The second-order valence-corrected chi connectivity index (χ2v) is 4.81. The molecule has 0 atom stereocenters. The third kappa shape index (κ3) is 3.75. The second kappa shape index (κ2) is 7.44. The summed E-state index contributed by atoms with van der Waals surface area (Å²) in [6, 6.07) is 5.20. The van der Waals surface area contributed by atoms with Crippen molar-refractivity contribution in [1.29, 1.82) is 0 Å². The molecule has 0 aromatic heterocycles. The maximum Gasteiger partial charge on any atom is 0.329 e. The van der Waals surface area contributed by atoms with E-state index in [2.05, 4.69) is 10.5 Å². The highest BCUT2D eigenvalue weighted by Gasteiger charge is 2.23. The lowest BCUT2D eigenvalue weighted by Gasteiger charge is -2.12. The Morgan fingerprint density at radius 3 is 2.59 bits per heavy atom. The summed E-state index contributed by atoms with van der Waals surface area (Å²) < 4.78 is 10.3. The van der Waals surface area contributed by atoms with Crippen LogP contribution in [0.2, 0.25) is 0 Å². The molecule has 1 N–H and O–H groups in total. The fourth-order valence-electron chi connectivity index (χ4n) is 2.20. The number of carbonyl (C=O) groups excluding carboxylic acids is 2. The van der Waals surface area contributed by atoms with Crippen LogP contribution in [-0.4, -0.2) is 50.2 Å². The minimum absolute atomic E-state index is 0.545. The van der Waals surface area contributed by atoms with Crippen molar-refractivity contribution in [1.82, 2.24) is 10.3 Å². The molecule has 1 aliphatic heterocycles. The highest BCUT2D eigenvalue weighted by Crippen LogP contribution is 2.22. The second-order valence-electron chi connectivity index (χ2n) is 4.81. The number of hydrogen-bond acceptors (Lipinski definition) is 5. The number of ether oxygens (including phenoxy) is 2. The minimum atomic E-state index is -0.731. The summed E-state index contributed by atoms with van der Waals surface area (Å²) >= 11 is 0. The van der Waals surface area contributed by atoms with E-state index in [9.17, 15) is 9.59 Å². The molecule has 0 unspecified atom stereocenters. The molecule has 2 rings (SSSR count). The van der Waals surface area contributed by atoms with E-state index < -0.39 is 11.8 Å². The van der Waals surface area contributed by atoms with Crippen molar-refractivity contribution in [3.8, 4) is 11.5 Å². The third-order valence-electron chi connectivity index (χ3n) is 3.40. The van der Waals surface area contributed by atoms with E-state index in [1.807, 2.05) is 0 Å². The van der Waals surface area contributed by atoms with E-state index in [-0.39, 0.29) is 0 Å². The van der Waals surface area contributed by atoms with Crippen LogP contribution in [-0.2, 0) is 9.59 Å². The van der Waals surface area contributed by atoms with Gasteiger partial charge in [-0.25, -0.2) is 5.43 Å². The van der Waals surface area contributed by atoms with Crippen LogP contribution in [0.1, 0.15) is 18.4 Å². The van der Waals surface area contributed by atoms with Crippen LogP contribution >= 0.6 is 0 Å². The highest BCUT2D eigenvalue weighted by molar-refractivity contribution is 6.35. The smallest absolute Gasteiger partial charge is 0.329 e. The summed E-state index contributed by atoms with van der Waals surface area (Å²) in [5.41, 5.74) is 2.90. The van der Waals surface area contributed by atoms with Gasteiger partial charge in [-0.1, -0.05) is 0 Å². The maximum atomic E-state index is 11.8. The standard InChI is InChI=1S/C15H19N3O4/c1-21-12-6-5-11(13(9-12)22-2)10-16-17-14(19)15(20)18-7-3-4-8-18/h5-6,9-10H,3-4,7-8H2,1-2H3,(H,17,19)/b16-10+. The van der Waals surface area contributed by atoms with Gasteiger partial charge in [-0.05, 0) is 25.0 Å². The first-order valence-electron chi connectivity index (χ1n) is 7.00. The Labute approximate surface area is 128 Å². The van der Waals surface area contributed by atoms with Crippen LogP contribution in [0, 0.1) is 0 Å². The Balaban J connectivity index is 1.97. The minimum Gasteiger partial charge on any atom is -0.497 e. The molecule has 0 aliphatic carbocycles. The van der Waals surface area contributed by atoms with Crippen molar-refractivity contribution in [3.63, 3.8) is 0 Å². The molecular formula is C15H19N3O4. The van der Waals surface area contributed by atoms with Crippen LogP contribution in [0.25, 0.3) is 0 Å². The van der Waals surface area contributed by atoms with Crippen molar-refractivity contribution in [3.05, 3.63) is 23.8 Å². The monoisotopic (exact) mass is 305 g/mol. The number of hydrazone groups is 1. The van der Waals surface area contributed by atoms with Crippen molar-refractivity contribution in [2.75, 3.05) is 27.3 Å². The van der Waals surface area contributed by atoms with Crippen LogP contribution in [0.15, 0.2) is 23.3 Å². The first kappa shape index (κ1) is 15.8. The number of rotatable bonds is 4. The molecule has 0 spiro atoms. The molecule has 22 heavy (non-hydrogen) atoms. The van der Waals surface area contributed by atoms with Gasteiger partial charge in [0.05, 0.1) is 20.4 Å². The zero-order chi connectivity index (χ0) is 15.9. The normalized spacial score (nSPS) is 14.2. The van der Waals surface area contributed by atoms with Gasteiger partial charge in [0.2, 0.25) is 0 Å². The van der Waals surface area contributed by atoms with Gasteiger partial charge in [0.15, 0.2) is 0 Å². The molecule has 1 aromatic rings. The van der Waals surface area contributed by atoms with Gasteiger partial charge in [-0.3, -0.25) is 9.59 Å². The van der Waals surface area contributed by atoms with Gasteiger partial charge in [0, 0.05) is 24.7 Å². The number of amides is 2. The topological polar surface area (TPSA) is 80.2 Å².